The Morgan fingerprint density at radius 2 is 2.03 bits per heavy atom. The molecule has 0 aliphatic heterocycles. The lowest BCUT2D eigenvalue weighted by Gasteiger charge is -2.43. The summed E-state index contributed by atoms with van der Waals surface area (Å²) in [6.45, 7) is 5.73. The number of ether oxygens (including phenoxy) is 1. The molecule has 0 radical (unpaired) electrons. The second-order valence-corrected chi connectivity index (χ2v) is 9.99. The van der Waals surface area contributed by atoms with Crippen LogP contribution in [0.25, 0.3) is 11.0 Å². The van der Waals surface area contributed by atoms with Crippen LogP contribution < -0.4 is 5.73 Å². The van der Waals surface area contributed by atoms with Gasteiger partial charge in [-0.1, -0.05) is 28.9 Å². The molecule has 1 aromatic heterocycles. The molecule has 8 heteroatoms. The van der Waals surface area contributed by atoms with Gasteiger partial charge in [0.25, 0.3) is 5.91 Å². The maximum Gasteiger partial charge on any atom is 0.254 e. The van der Waals surface area contributed by atoms with E-state index in [1.165, 1.54) is 5.56 Å². The number of methoxy groups -OCH3 is 1. The molecular weight excluding hydrogens is 450 g/mol. The SMILES string of the molecule is COCCN(C(=O)c1ccc2c(c1)nnn2C(C)C)C1CCC(CN)(c2cccc(Cl)c2)CC1. The molecule has 3 aromatic rings. The van der Waals surface area contributed by atoms with E-state index in [2.05, 4.69) is 30.2 Å². The van der Waals surface area contributed by atoms with Crippen LogP contribution in [-0.4, -0.2) is 58.6 Å². The minimum Gasteiger partial charge on any atom is -0.383 e. The fourth-order valence-electron chi connectivity index (χ4n) is 5.16. The van der Waals surface area contributed by atoms with Crippen LogP contribution in [-0.2, 0) is 10.2 Å². The number of rotatable bonds is 8. The van der Waals surface area contributed by atoms with Crippen molar-refractivity contribution in [2.45, 2.75) is 57.0 Å². The number of aromatic nitrogens is 3. The number of hydrogen-bond acceptors (Lipinski definition) is 5. The molecule has 182 valence electrons. The summed E-state index contributed by atoms with van der Waals surface area (Å²) < 4.78 is 7.21. The number of halogens is 1. The molecule has 2 N–H and O–H groups in total. The highest BCUT2D eigenvalue weighted by Gasteiger charge is 2.38. The zero-order valence-electron chi connectivity index (χ0n) is 20.2. The van der Waals surface area contributed by atoms with Crippen molar-refractivity contribution in [2.24, 2.45) is 5.73 Å². The molecule has 0 saturated heterocycles. The van der Waals surface area contributed by atoms with E-state index in [9.17, 15) is 4.79 Å². The summed E-state index contributed by atoms with van der Waals surface area (Å²) in [5.74, 6) is 0.00560. The third-order valence-corrected chi connectivity index (χ3v) is 7.42. The van der Waals surface area contributed by atoms with Gasteiger partial charge >= 0.3 is 0 Å². The number of fused-ring (bicyclic) bond motifs is 1. The van der Waals surface area contributed by atoms with E-state index in [1.54, 1.807) is 7.11 Å². The standard InChI is InChI=1S/C26H34ClN5O2/c1-18(2)32-24-8-7-19(15-23(24)29-30-32)25(33)31(13-14-34-3)22-9-11-26(17-28,12-10-22)20-5-4-6-21(27)16-20/h4-8,15-16,18,22H,9-14,17,28H2,1-3H3. The molecule has 0 bridgehead atoms. The van der Waals surface area contributed by atoms with Crippen LogP contribution in [0.15, 0.2) is 42.5 Å². The Hall–Kier alpha value is -2.48. The first-order chi connectivity index (χ1) is 16.4. The molecule has 1 fully saturated rings. The molecule has 4 rings (SSSR count). The van der Waals surface area contributed by atoms with E-state index in [1.807, 2.05) is 46.0 Å². The Balaban J connectivity index is 1.55. The van der Waals surface area contributed by atoms with Gasteiger partial charge in [0, 0.05) is 48.3 Å². The summed E-state index contributed by atoms with van der Waals surface area (Å²) in [4.78, 5) is 15.6. The van der Waals surface area contributed by atoms with E-state index >= 15 is 0 Å². The fourth-order valence-corrected chi connectivity index (χ4v) is 5.35. The normalized spacial score (nSPS) is 20.7. The van der Waals surface area contributed by atoms with E-state index in [0.29, 0.717) is 25.3 Å². The largest absolute Gasteiger partial charge is 0.383 e. The summed E-state index contributed by atoms with van der Waals surface area (Å²) >= 11 is 6.27. The van der Waals surface area contributed by atoms with Crippen LogP contribution in [0.5, 0.6) is 0 Å². The molecule has 0 atom stereocenters. The molecule has 34 heavy (non-hydrogen) atoms. The first kappa shape index (κ1) is 24.6. The van der Waals surface area contributed by atoms with Crippen molar-refractivity contribution in [1.82, 2.24) is 19.9 Å². The maximum absolute atomic E-state index is 13.7. The third kappa shape index (κ3) is 4.83. The van der Waals surface area contributed by atoms with E-state index in [4.69, 9.17) is 22.1 Å². The van der Waals surface area contributed by atoms with Crippen LogP contribution in [0.1, 0.15) is 61.5 Å². The summed E-state index contributed by atoms with van der Waals surface area (Å²) in [5, 5.41) is 9.25. The highest BCUT2D eigenvalue weighted by atomic mass is 35.5. The molecule has 1 aliphatic carbocycles. The van der Waals surface area contributed by atoms with Crippen LogP contribution >= 0.6 is 11.6 Å². The lowest BCUT2D eigenvalue weighted by Crippen LogP contribution is -2.48. The lowest BCUT2D eigenvalue weighted by molar-refractivity contribution is 0.0508. The summed E-state index contributed by atoms with van der Waals surface area (Å²) in [6, 6.07) is 14.0. The lowest BCUT2D eigenvalue weighted by atomic mass is 9.68. The minimum atomic E-state index is -0.106. The molecular formula is C26H34ClN5O2. The van der Waals surface area contributed by atoms with Gasteiger partial charge in [0.2, 0.25) is 0 Å². The van der Waals surface area contributed by atoms with Gasteiger partial charge in [0.15, 0.2) is 0 Å². The number of nitrogens with two attached hydrogens (primary N) is 1. The highest BCUT2D eigenvalue weighted by Crippen LogP contribution is 2.41. The van der Waals surface area contributed by atoms with Gasteiger partial charge in [-0.15, -0.1) is 5.10 Å². The molecule has 2 aromatic carbocycles. The number of benzene rings is 2. The van der Waals surface area contributed by atoms with E-state index in [-0.39, 0.29) is 23.4 Å². The smallest absolute Gasteiger partial charge is 0.254 e. The van der Waals surface area contributed by atoms with Crippen molar-refractivity contribution >= 4 is 28.5 Å². The Labute approximate surface area is 206 Å². The monoisotopic (exact) mass is 483 g/mol. The van der Waals surface area contributed by atoms with Gasteiger partial charge in [0.05, 0.1) is 12.1 Å². The van der Waals surface area contributed by atoms with Crippen LogP contribution in [0.3, 0.4) is 0 Å². The second-order valence-electron chi connectivity index (χ2n) is 9.55. The zero-order valence-corrected chi connectivity index (χ0v) is 21.0. The number of amides is 1. The molecule has 1 saturated carbocycles. The van der Waals surface area contributed by atoms with E-state index in [0.717, 1.165) is 41.7 Å². The van der Waals surface area contributed by atoms with Gasteiger partial charge in [-0.05, 0) is 75.4 Å². The highest BCUT2D eigenvalue weighted by molar-refractivity contribution is 6.30. The predicted octanol–water partition coefficient (Wildman–Crippen LogP) is 4.59. The van der Waals surface area contributed by atoms with Gasteiger partial charge in [-0.25, -0.2) is 4.68 Å². The molecule has 1 heterocycles. The summed E-state index contributed by atoms with van der Waals surface area (Å²) in [5.41, 5.74) is 9.67. The summed E-state index contributed by atoms with van der Waals surface area (Å²) in [7, 11) is 1.67. The molecule has 1 amide bonds. The van der Waals surface area contributed by atoms with Gasteiger partial charge in [-0.3, -0.25) is 4.79 Å². The van der Waals surface area contributed by atoms with Gasteiger partial charge < -0.3 is 15.4 Å². The quantitative estimate of drug-likeness (QED) is 0.506. The first-order valence-corrected chi connectivity index (χ1v) is 12.4. The molecule has 0 spiro atoms. The van der Waals surface area contributed by atoms with Crippen molar-refractivity contribution in [3.63, 3.8) is 0 Å². The zero-order chi connectivity index (χ0) is 24.3. The van der Waals surface area contributed by atoms with Gasteiger partial charge in [0.1, 0.15) is 5.52 Å². The molecule has 1 aliphatic rings. The Kier molecular flexibility index (Phi) is 7.55. The fraction of sp³-hybridized carbons (Fsp3) is 0.500. The third-order valence-electron chi connectivity index (χ3n) is 7.19. The van der Waals surface area contributed by atoms with Crippen molar-refractivity contribution in [3.8, 4) is 0 Å². The van der Waals surface area contributed by atoms with Crippen molar-refractivity contribution in [1.29, 1.82) is 0 Å². The maximum atomic E-state index is 13.7. The first-order valence-electron chi connectivity index (χ1n) is 12.0. The minimum absolute atomic E-state index is 0.00560. The Morgan fingerprint density at radius 3 is 2.68 bits per heavy atom. The van der Waals surface area contributed by atoms with Gasteiger partial charge in [-0.2, -0.15) is 0 Å². The molecule has 7 nitrogen and oxygen atoms in total. The molecule has 0 unspecified atom stereocenters. The Morgan fingerprint density at radius 1 is 1.26 bits per heavy atom. The topological polar surface area (TPSA) is 86.3 Å². The summed E-state index contributed by atoms with van der Waals surface area (Å²) in [6.07, 6.45) is 3.58. The predicted molar refractivity (Wildman–Crippen MR) is 135 cm³/mol. The van der Waals surface area contributed by atoms with Crippen LogP contribution in [0.4, 0.5) is 0 Å². The second kappa shape index (κ2) is 10.4. The average Bonchev–Trinajstić information content (AvgIpc) is 3.28. The Bertz CT molecular complexity index is 1140. The van der Waals surface area contributed by atoms with Crippen LogP contribution in [0, 0.1) is 0 Å². The van der Waals surface area contributed by atoms with E-state index < -0.39 is 0 Å². The number of nitrogens with zero attached hydrogens (tertiary/aromatic N) is 4. The van der Waals surface area contributed by atoms with Crippen LogP contribution in [0.2, 0.25) is 5.02 Å². The van der Waals surface area contributed by atoms with Crippen molar-refractivity contribution < 1.29 is 9.53 Å². The average molecular weight is 484 g/mol. The van der Waals surface area contributed by atoms with Crippen molar-refractivity contribution in [2.75, 3.05) is 26.8 Å². The number of carbonyl (C=O) groups excluding carboxylic acids is 1. The number of carbonyl (C=O) groups is 1. The number of hydrogen-bond donors (Lipinski definition) is 1. The van der Waals surface area contributed by atoms with Crippen molar-refractivity contribution in [3.05, 3.63) is 58.6 Å².